The number of hydrogen-bond acceptors (Lipinski definition) is 21. The standard InChI is InChI=1S/C27H51F2N7O15/c28-27(29,5-32)22(44)23(45)36-7-1-6(33)19(49-24-11(34)16(41)14(39)8(2-30)46-24)21(13(7)38)51-26-18(43)20(10(4-37)48-26)50-25-12(35)17(42)15(40)9(3-31)47-25/h6-22,24-26,37-44H,1-5,30-35H2,(H,36,45)/t6-,7+,8+,9-,10+,11+,12+,13-,14+,15+,16-,17+,18+,19+,20+,21+,22?,24+,25+,26-/m0/s1. The van der Waals surface area contributed by atoms with Crippen LogP contribution in [0.1, 0.15) is 6.42 Å². The fourth-order valence-corrected chi connectivity index (χ4v) is 6.42. The van der Waals surface area contributed by atoms with E-state index in [1.807, 2.05) is 0 Å². The van der Waals surface area contributed by atoms with Crippen molar-refractivity contribution in [3.8, 4) is 0 Å². The number of nitrogens with two attached hydrogens (primary N) is 6. The molecule has 24 heteroatoms. The van der Waals surface area contributed by atoms with Crippen molar-refractivity contribution in [2.24, 2.45) is 34.4 Å². The summed E-state index contributed by atoms with van der Waals surface area (Å²) in [5, 5.41) is 86.1. The summed E-state index contributed by atoms with van der Waals surface area (Å²) in [6.45, 7) is -2.70. The van der Waals surface area contributed by atoms with Gasteiger partial charge in [-0.3, -0.25) is 4.79 Å². The van der Waals surface area contributed by atoms with Gasteiger partial charge in [-0.05, 0) is 6.42 Å². The molecule has 4 fully saturated rings. The van der Waals surface area contributed by atoms with Gasteiger partial charge in [0.05, 0.1) is 31.3 Å². The lowest BCUT2D eigenvalue weighted by molar-refractivity contribution is -0.307. The third kappa shape index (κ3) is 8.76. The van der Waals surface area contributed by atoms with Crippen molar-refractivity contribution in [3.05, 3.63) is 0 Å². The molecule has 4 aliphatic rings. The largest absolute Gasteiger partial charge is 0.394 e. The summed E-state index contributed by atoms with van der Waals surface area (Å²) >= 11 is 0. The Morgan fingerprint density at radius 3 is 1.67 bits per heavy atom. The van der Waals surface area contributed by atoms with Crippen LogP contribution in [0.4, 0.5) is 8.78 Å². The highest BCUT2D eigenvalue weighted by atomic mass is 19.3. The van der Waals surface area contributed by atoms with Gasteiger partial charge in [0.15, 0.2) is 25.0 Å². The number of carbonyl (C=O) groups excluding carboxylic acids is 1. The Kier molecular flexibility index (Phi) is 14.4. The molecule has 3 saturated heterocycles. The van der Waals surface area contributed by atoms with Crippen LogP contribution in [-0.2, 0) is 33.2 Å². The smallest absolute Gasteiger partial charge is 0.294 e. The molecule has 3 aliphatic heterocycles. The topological polar surface area (TPSA) is 402 Å². The second-order valence-electron chi connectivity index (χ2n) is 13.1. The van der Waals surface area contributed by atoms with Crippen LogP contribution < -0.4 is 39.7 Å². The monoisotopic (exact) mass is 751 g/mol. The van der Waals surface area contributed by atoms with Gasteiger partial charge in [-0.1, -0.05) is 0 Å². The lowest BCUT2D eigenvalue weighted by Crippen LogP contribution is -2.69. The summed E-state index contributed by atoms with van der Waals surface area (Å²) in [5.41, 5.74) is 34.6. The van der Waals surface area contributed by atoms with Crippen LogP contribution in [0, 0.1) is 0 Å². The Labute approximate surface area is 289 Å². The minimum atomic E-state index is -4.04. The first-order valence-corrected chi connectivity index (χ1v) is 16.3. The molecule has 51 heavy (non-hydrogen) atoms. The van der Waals surface area contributed by atoms with Gasteiger partial charge in [-0.15, -0.1) is 0 Å². The molecule has 0 radical (unpaired) electrons. The maximum absolute atomic E-state index is 14.0. The van der Waals surface area contributed by atoms with E-state index in [1.54, 1.807) is 0 Å². The van der Waals surface area contributed by atoms with Gasteiger partial charge in [0, 0.05) is 19.1 Å². The van der Waals surface area contributed by atoms with Crippen LogP contribution in [0.5, 0.6) is 0 Å². The second kappa shape index (κ2) is 17.3. The van der Waals surface area contributed by atoms with Gasteiger partial charge in [0.2, 0.25) is 0 Å². The summed E-state index contributed by atoms with van der Waals surface area (Å²) < 4.78 is 62.6. The molecule has 1 saturated carbocycles. The Morgan fingerprint density at radius 2 is 1.20 bits per heavy atom. The Morgan fingerprint density at radius 1 is 0.725 bits per heavy atom. The van der Waals surface area contributed by atoms with E-state index in [2.05, 4.69) is 5.32 Å². The molecule has 0 bridgehead atoms. The van der Waals surface area contributed by atoms with E-state index in [0.29, 0.717) is 0 Å². The SMILES string of the molecule is NC[C@@H]1O[C@H](O[C@H]2[C@@H](O)[C@H](O[C@@H]3[C@@H](O)[C@H](NC(=O)C(O)C(F)(F)CN)C[C@H](N)[C@H]3O[C@H]3O[C@H](CN)[C@@H](O)[C@@H](O)[C@H]3N)O[C@@H]2CO)[C@H](N)[C@@H](O)[C@@H]1O. The second-order valence-corrected chi connectivity index (χ2v) is 13.1. The van der Waals surface area contributed by atoms with Gasteiger partial charge in [0.25, 0.3) is 11.8 Å². The number of ether oxygens (including phenoxy) is 6. The molecule has 0 aromatic heterocycles. The normalized spacial score (nSPS) is 47.3. The van der Waals surface area contributed by atoms with Gasteiger partial charge in [0.1, 0.15) is 73.2 Å². The molecule has 0 aromatic carbocycles. The van der Waals surface area contributed by atoms with Gasteiger partial charge in [-0.25, -0.2) is 8.78 Å². The summed E-state index contributed by atoms with van der Waals surface area (Å²) in [6.07, 6.45) is -26.4. The summed E-state index contributed by atoms with van der Waals surface area (Å²) in [6, 6.07) is -5.53. The molecular weight excluding hydrogens is 700 g/mol. The zero-order valence-electron chi connectivity index (χ0n) is 27.2. The molecule has 1 unspecified atom stereocenters. The van der Waals surface area contributed by atoms with Crippen LogP contribution in [-0.4, -0.2) is 201 Å². The van der Waals surface area contributed by atoms with Crippen molar-refractivity contribution in [3.63, 3.8) is 0 Å². The highest BCUT2D eigenvalue weighted by Gasteiger charge is 2.55. The van der Waals surface area contributed by atoms with Crippen LogP contribution in [0.15, 0.2) is 0 Å². The Hall–Kier alpha value is -1.47. The quantitative estimate of drug-likeness (QED) is 0.0830. The lowest BCUT2D eigenvalue weighted by Gasteiger charge is -2.48. The summed E-state index contributed by atoms with van der Waals surface area (Å²) in [5.74, 6) is -5.65. The van der Waals surface area contributed by atoms with E-state index in [0.717, 1.165) is 0 Å². The molecule has 0 aromatic rings. The van der Waals surface area contributed by atoms with E-state index < -0.39 is 154 Å². The fraction of sp³-hybridized carbons (Fsp3) is 0.963. The molecule has 22 nitrogen and oxygen atoms in total. The number of aliphatic hydroxyl groups excluding tert-OH is 8. The van der Waals surface area contributed by atoms with Crippen molar-refractivity contribution >= 4 is 5.91 Å². The molecular formula is C27H51F2N7O15. The molecule has 20 atom stereocenters. The average Bonchev–Trinajstić information content (AvgIpc) is 3.40. The highest BCUT2D eigenvalue weighted by Crippen LogP contribution is 2.35. The van der Waals surface area contributed by atoms with Crippen molar-refractivity contribution in [2.45, 2.75) is 135 Å². The van der Waals surface area contributed by atoms with E-state index in [-0.39, 0.29) is 13.1 Å². The van der Waals surface area contributed by atoms with Gasteiger partial charge >= 0.3 is 0 Å². The minimum Gasteiger partial charge on any atom is -0.394 e. The molecule has 4 rings (SSSR count). The van der Waals surface area contributed by atoms with Crippen LogP contribution in [0.25, 0.3) is 0 Å². The van der Waals surface area contributed by atoms with Gasteiger partial charge in [-0.2, -0.15) is 0 Å². The Bertz CT molecular complexity index is 1140. The van der Waals surface area contributed by atoms with Crippen molar-refractivity contribution < 1.29 is 82.8 Å². The van der Waals surface area contributed by atoms with Gasteiger partial charge < -0.3 is 109 Å². The number of alkyl halides is 2. The van der Waals surface area contributed by atoms with Crippen LogP contribution >= 0.6 is 0 Å². The van der Waals surface area contributed by atoms with Crippen molar-refractivity contribution in [2.75, 3.05) is 26.2 Å². The number of rotatable bonds is 13. The lowest BCUT2D eigenvalue weighted by atomic mass is 9.83. The number of nitrogens with one attached hydrogen (secondary N) is 1. The first-order valence-electron chi connectivity index (χ1n) is 16.3. The predicted molar refractivity (Wildman–Crippen MR) is 162 cm³/mol. The molecule has 21 N–H and O–H groups in total. The maximum Gasteiger partial charge on any atom is 0.294 e. The molecule has 3 heterocycles. The molecule has 1 aliphatic carbocycles. The molecule has 298 valence electrons. The summed E-state index contributed by atoms with van der Waals surface area (Å²) in [4.78, 5) is 12.6. The molecule has 1 amide bonds. The first-order chi connectivity index (χ1) is 23.9. The van der Waals surface area contributed by atoms with Crippen LogP contribution in [0.3, 0.4) is 0 Å². The highest BCUT2D eigenvalue weighted by molar-refractivity contribution is 5.82. The minimum absolute atomic E-state index is 0.250. The zero-order chi connectivity index (χ0) is 38.1. The number of aliphatic hydroxyl groups is 8. The third-order valence-electron chi connectivity index (χ3n) is 9.57. The van der Waals surface area contributed by atoms with E-state index in [9.17, 15) is 54.4 Å². The first kappa shape index (κ1) is 42.3. The number of amides is 1. The number of hydrogen-bond donors (Lipinski definition) is 15. The zero-order valence-corrected chi connectivity index (χ0v) is 27.2. The van der Waals surface area contributed by atoms with E-state index in [4.69, 9.17) is 62.8 Å². The number of halogens is 2. The Balaban J connectivity index is 1.59. The third-order valence-corrected chi connectivity index (χ3v) is 9.57. The van der Waals surface area contributed by atoms with Crippen molar-refractivity contribution in [1.29, 1.82) is 0 Å². The van der Waals surface area contributed by atoms with Crippen LogP contribution in [0.2, 0.25) is 0 Å². The maximum atomic E-state index is 14.0. The predicted octanol–water partition coefficient (Wildman–Crippen LogP) is -9.78. The fourth-order valence-electron chi connectivity index (χ4n) is 6.42. The molecule has 0 spiro atoms. The van der Waals surface area contributed by atoms with E-state index >= 15 is 0 Å². The average molecular weight is 752 g/mol. The van der Waals surface area contributed by atoms with E-state index in [1.165, 1.54) is 0 Å². The van der Waals surface area contributed by atoms with Crippen molar-refractivity contribution in [1.82, 2.24) is 5.32 Å². The number of carbonyl (C=O) groups is 1. The summed E-state index contributed by atoms with van der Waals surface area (Å²) in [7, 11) is 0.